The molecule has 0 aromatic heterocycles. The van der Waals surface area contributed by atoms with Crippen molar-refractivity contribution in [2.24, 2.45) is 23.5 Å². The fourth-order valence-electron chi connectivity index (χ4n) is 5.00. The average molecular weight is 331 g/mol. The maximum atomic E-state index is 12.5. The Balaban J connectivity index is 0.00000176. The molecular weight excluding hydrogens is 300 g/mol. The van der Waals surface area contributed by atoms with E-state index >= 15 is 0 Å². The van der Waals surface area contributed by atoms with E-state index in [0.29, 0.717) is 19.0 Å². The Morgan fingerprint density at radius 2 is 2.14 bits per heavy atom. The molecule has 1 heterocycles. The van der Waals surface area contributed by atoms with Gasteiger partial charge in [-0.05, 0) is 56.3 Å². The number of fused-ring (bicyclic) bond motifs is 2. The molecule has 5 atom stereocenters. The zero-order valence-corrected chi connectivity index (χ0v) is 14.5. The standard InChI is InChI=1S/C17H30N2O2.ClH/c1-21-16(11-18)10-17(20)19-6-2-3-15(19)9-14-8-12-4-5-13(14)7-12;/h12-16H,2-11,18H2,1H3;1H. The zero-order valence-electron chi connectivity index (χ0n) is 13.7. The zero-order chi connectivity index (χ0) is 14.8. The van der Waals surface area contributed by atoms with Crippen LogP contribution in [0.3, 0.4) is 0 Å². The number of carbonyl (C=O) groups excluding carboxylic acids is 1. The number of halogens is 1. The molecule has 1 saturated heterocycles. The van der Waals surface area contributed by atoms with Gasteiger partial charge in [-0.1, -0.05) is 6.42 Å². The first-order chi connectivity index (χ1) is 10.2. The minimum atomic E-state index is -0.124. The number of ether oxygens (including phenoxy) is 1. The van der Waals surface area contributed by atoms with Gasteiger partial charge in [0.15, 0.2) is 0 Å². The molecule has 1 aliphatic heterocycles. The average Bonchev–Trinajstić information content (AvgIpc) is 3.20. The molecule has 1 amide bonds. The van der Waals surface area contributed by atoms with E-state index in [1.807, 2.05) is 0 Å². The maximum Gasteiger partial charge on any atom is 0.225 e. The molecule has 2 bridgehead atoms. The highest BCUT2D eigenvalue weighted by atomic mass is 35.5. The molecule has 3 rings (SSSR count). The summed E-state index contributed by atoms with van der Waals surface area (Å²) in [5, 5.41) is 0. The lowest BCUT2D eigenvalue weighted by atomic mass is 9.83. The van der Waals surface area contributed by atoms with Crippen molar-refractivity contribution in [3.8, 4) is 0 Å². The quantitative estimate of drug-likeness (QED) is 0.814. The van der Waals surface area contributed by atoms with Gasteiger partial charge in [-0.3, -0.25) is 4.79 Å². The Bertz CT molecular complexity index is 376. The summed E-state index contributed by atoms with van der Waals surface area (Å²) in [5.41, 5.74) is 5.64. The number of nitrogens with zero attached hydrogens (tertiary/aromatic N) is 1. The van der Waals surface area contributed by atoms with Gasteiger partial charge in [0.1, 0.15) is 0 Å². The van der Waals surface area contributed by atoms with Crippen LogP contribution in [0.2, 0.25) is 0 Å². The number of likely N-dealkylation sites (tertiary alicyclic amines) is 1. The van der Waals surface area contributed by atoms with Crippen molar-refractivity contribution in [2.45, 2.75) is 63.5 Å². The third-order valence-electron chi connectivity index (χ3n) is 6.16. The third kappa shape index (κ3) is 3.77. The first-order valence-corrected chi connectivity index (χ1v) is 8.73. The molecule has 22 heavy (non-hydrogen) atoms. The van der Waals surface area contributed by atoms with E-state index in [-0.39, 0.29) is 24.4 Å². The van der Waals surface area contributed by atoms with Crippen molar-refractivity contribution in [1.29, 1.82) is 0 Å². The predicted octanol–water partition coefficient (Wildman–Crippen LogP) is 2.59. The first-order valence-electron chi connectivity index (χ1n) is 8.73. The summed E-state index contributed by atoms with van der Waals surface area (Å²) in [7, 11) is 1.64. The summed E-state index contributed by atoms with van der Waals surface area (Å²) in [6, 6.07) is 0.483. The van der Waals surface area contributed by atoms with E-state index in [0.717, 1.165) is 30.7 Å². The lowest BCUT2D eigenvalue weighted by Gasteiger charge is -2.31. The molecule has 0 aromatic rings. The Morgan fingerprint density at radius 1 is 1.32 bits per heavy atom. The van der Waals surface area contributed by atoms with Gasteiger partial charge in [-0.2, -0.15) is 0 Å². The summed E-state index contributed by atoms with van der Waals surface area (Å²) in [5.74, 6) is 3.09. The Morgan fingerprint density at radius 3 is 2.73 bits per heavy atom. The van der Waals surface area contributed by atoms with Gasteiger partial charge in [0.2, 0.25) is 5.91 Å². The highest BCUT2D eigenvalue weighted by Gasteiger charge is 2.42. The smallest absolute Gasteiger partial charge is 0.225 e. The number of nitrogens with two attached hydrogens (primary N) is 1. The number of amides is 1. The van der Waals surface area contributed by atoms with E-state index in [2.05, 4.69) is 4.90 Å². The van der Waals surface area contributed by atoms with Crippen molar-refractivity contribution in [3.63, 3.8) is 0 Å². The van der Waals surface area contributed by atoms with Crippen LogP contribution in [-0.2, 0) is 9.53 Å². The molecule has 2 aliphatic carbocycles. The molecule has 3 aliphatic rings. The molecule has 2 saturated carbocycles. The van der Waals surface area contributed by atoms with Crippen LogP contribution in [0, 0.1) is 17.8 Å². The normalized spacial score (nSPS) is 34.7. The van der Waals surface area contributed by atoms with Crippen LogP contribution in [0.1, 0.15) is 51.4 Å². The minimum Gasteiger partial charge on any atom is -0.380 e. The van der Waals surface area contributed by atoms with Crippen molar-refractivity contribution in [3.05, 3.63) is 0 Å². The molecule has 5 unspecified atom stereocenters. The number of methoxy groups -OCH3 is 1. The van der Waals surface area contributed by atoms with Crippen molar-refractivity contribution in [1.82, 2.24) is 4.90 Å². The van der Waals surface area contributed by atoms with Gasteiger partial charge in [-0.25, -0.2) is 0 Å². The van der Waals surface area contributed by atoms with Crippen molar-refractivity contribution < 1.29 is 9.53 Å². The SMILES string of the molecule is COC(CN)CC(=O)N1CCCC1CC1CC2CCC1C2.Cl. The van der Waals surface area contributed by atoms with E-state index in [1.165, 1.54) is 38.5 Å². The van der Waals surface area contributed by atoms with Crippen LogP contribution in [0.5, 0.6) is 0 Å². The maximum absolute atomic E-state index is 12.5. The highest BCUT2D eigenvalue weighted by molar-refractivity contribution is 5.85. The minimum absolute atomic E-state index is 0. The predicted molar refractivity (Wildman–Crippen MR) is 90.0 cm³/mol. The molecular formula is C17H31ClN2O2. The fraction of sp³-hybridized carbons (Fsp3) is 0.941. The van der Waals surface area contributed by atoms with Gasteiger partial charge in [0.25, 0.3) is 0 Å². The second-order valence-electron chi connectivity index (χ2n) is 7.35. The Kier molecular flexibility index (Phi) is 6.54. The summed E-state index contributed by atoms with van der Waals surface area (Å²) >= 11 is 0. The van der Waals surface area contributed by atoms with E-state index < -0.39 is 0 Å². The number of rotatable bonds is 6. The third-order valence-corrected chi connectivity index (χ3v) is 6.16. The van der Waals surface area contributed by atoms with E-state index in [1.54, 1.807) is 7.11 Å². The summed E-state index contributed by atoms with van der Waals surface area (Å²) < 4.78 is 5.27. The fourth-order valence-corrected chi connectivity index (χ4v) is 5.00. The van der Waals surface area contributed by atoms with Crippen LogP contribution in [0.4, 0.5) is 0 Å². The van der Waals surface area contributed by atoms with Crippen LogP contribution >= 0.6 is 12.4 Å². The Labute approximate surface area is 140 Å². The monoisotopic (exact) mass is 330 g/mol. The van der Waals surface area contributed by atoms with Crippen LogP contribution < -0.4 is 5.73 Å². The molecule has 3 fully saturated rings. The first kappa shape index (κ1) is 18.0. The van der Waals surface area contributed by atoms with Gasteiger partial charge in [0.05, 0.1) is 12.5 Å². The van der Waals surface area contributed by atoms with Gasteiger partial charge >= 0.3 is 0 Å². The largest absolute Gasteiger partial charge is 0.380 e. The summed E-state index contributed by atoms with van der Waals surface area (Å²) in [4.78, 5) is 14.6. The lowest BCUT2D eigenvalue weighted by molar-refractivity contribution is -0.134. The Hall–Kier alpha value is -0.320. The van der Waals surface area contributed by atoms with Crippen molar-refractivity contribution >= 4 is 18.3 Å². The van der Waals surface area contributed by atoms with Crippen LogP contribution in [0.15, 0.2) is 0 Å². The molecule has 2 N–H and O–H groups in total. The molecule has 0 spiro atoms. The molecule has 0 aromatic carbocycles. The number of hydrogen-bond donors (Lipinski definition) is 1. The number of hydrogen-bond acceptors (Lipinski definition) is 3. The highest BCUT2D eigenvalue weighted by Crippen LogP contribution is 2.50. The second-order valence-corrected chi connectivity index (χ2v) is 7.35. The van der Waals surface area contributed by atoms with Gasteiger partial charge in [0, 0.05) is 26.2 Å². The van der Waals surface area contributed by atoms with Crippen molar-refractivity contribution in [2.75, 3.05) is 20.2 Å². The van der Waals surface area contributed by atoms with E-state index in [4.69, 9.17) is 10.5 Å². The van der Waals surface area contributed by atoms with Gasteiger partial charge < -0.3 is 15.4 Å². The van der Waals surface area contributed by atoms with Crippen LogP contribution in [-0.4, -0.2) is 43.2 Å². The summed E-state index contributed by atoms with van der Waals surface area (Å²) in [6.45, 7) is 1.36. The summed E-state index contributed by atoms with van der Waals surface area (Å²) in [6.07, 6.45) is 9.71. The second kappa shape index (κ2) is 7.98. The van der Waals surface area contributed by atoms with E-state index in [9.17, 15) is 4.79 Å². The topological polar surface area (TPSA) is 55.6 Å². The van der Waals surface area contributed by atoms with Crippen LogP contribution in [0.25, 0.3) is 0 Å². The molecule has 128 valence electrons. The molecule has 0 radical (unpaired) electrons. The molecule has 4 nitrogen and oxygen atoms in total. The van der Waals surface area contributed by atoms with Gasteiger partial charge in [-0.15, -0.1) is 12.4 Å². The molecule has 5 heteroatoms. The lowest BCUT2D eigenvalue weighted by Crippen LogP contribution is -2.40. The number of carbonyl (C=O) groups is 1.